The summed E-state index contributed by atoms with van der Waals surface area (Å²) in [4.78, 5) is 11.5. The molecule has 0 radical (unpaired) electrons. The van der Waals surface area contributed by atoms with E-state index < -0.39 is 16.0 Å². The topological polar surface area (TPSA) is 98.5 Å². The first-order valence-corrected chi connectivity index (χ1v) is 6.92. The first kappa shape index (κ1) is 12.8. The van der Waals surface area contributed by atoms with E-state index >= 15 is 0 Å². The summed E-state index contributed by atoms with van der Waals surface area (Å²) >= 11 is 0. The molecule has 18 heavy (non-hydrogen) atoms. The molecule has 1 aromatic rings. The fraction of sp³-hybridized carbons (Fsp3) is 0.364. The van der Waals surface area contributed by atoms with Crippen LogP contribution < -0.4 is 10.5 Å². The van der Waals surface area contributed by atoms with Crippen LogP contribution in [0, 0.1) is 0 Å². The fourth-order valence-corrected chi connectivity index (χ4v) is 3.02. The predicted molar refractivity (Wildman–Crippen MR) is 65.5 cm³/mol. The van der Waals surface area contributed by atoms with Crippen LogP contribution in [0.25, 0.3) is 0 Å². The number of nitrogens with two attached hydrogens (primary N) is 1. The standard InChI is InChI=1S/C11H14N2O4S/c1-17-11(14)9-6-7(12)2-5-10(9)18(15,16)13-8-3-4-8/h2,5-6,8,13H,3-4,12H2,1H3. The molecule has 0 aromatic heterocycles. The van der Waals surface area contributed by atoms with Crippen LogP contribution in [-0.2, 0) is 14.8 Å². The van der Waals surface area contributed by atoms with Crippen molar-refractivity contribution in [3.8, 4) is 0 Å². The van der Waals surface area contributed by atoms with E-state index in [2.05, 4.69) is 9.46 Å². The van der Waals surface area contributed by atoms with E-state index in [1.807, 2.05) is 0 Å². The van der Waals surface area contributed by atoms with Crippen LogP contribution in [0.2, 0.25) is 0 Å². The third kappa shape index (κ3) is 2.62. The Labute approximate surface area is 105 Å². The van der Waals surface area contributed by atoms with Gasteiger partial charge in [0, 0.05) is 11.7 Å². The summed E-state index contributed by atoms with van der Waals surface area (Å²) in [7, 11) is -2.52. The van der Waals surface area contributed by atoms with Gasteiger partial charge in [-0.3, -0.25) is 0 Å². The number of benzene rings is 1. The van der Waals surface area contributed by atoms with E-state index in [-0.39, 0.29) is 16.5 Å². The van der Waals surface area contributed by atoms with E-state index in [1.165, 1.54) is 25.3 Å². The van der Waals surface area contributed by atoms with E-state index in [0.29, 0.717) is 5.69 Å². The predicted octanol–water partition coefficient (Wildman–Crippen LogP) is 0.496. The Kier molecular flexibility index (Phi) is 3.27. The minimum absolute atomic E-state index is 0.0296. The summed E-state index contributed by atoms with van der Waals surface area (Å²) in [5, 5.41) is 0. The van der Waals surface area contributed by atoms with Gasteiger partial charge in [0.2, 0.25) is 10.0 Å². The summed E-state index contributed by atoms with van der Waals surface area (Å²) in [6.45, 7) is 0. The number of nitrogens with one attached hydrogen (secondary N) is 1. The van der Waals surface area contributed by atoms with Gasteiger partial charge in [0.25, 0.3) is 0 Å². The molecule has 2 rings (SSSR count). The second-order valence-corrected chi connectivity index (χ2v) is 5.83. The number of carbonyl (C=O) groups is 1. The SMILES string of the molecule is COC(=O)c1cc(N)ccc1S(=O)(=O)NC1CC1. The Morgan fingerprint density at radius 2 is 2.11 bits per heavy atom. The van der Waals surface area contributed by atoms with Gasteiger partial charge in [-0.1, -0.05) is 0 Å². The summed E-state index contributed by atoms with van der Waals surface area (Å²) in [5.74, 6) is -0.724. The van der Waals surface area contributed by atoms with Gasteiger partial charge in [-0.05, 0) is 31.0 Å². The first-order chi connectivity index (χ1) is 8.44. The average molecular weight is 270 g/mol. The molecule has 0 saturated heterocycles. The minimum atomic E-state index is -3.71. The largest absolute Gasteiger partial charge is 0.465 e. The van der Waals surface area contributed by atoms with Crippen molar-refractivity contribution in [1.82, 2.24) is 4.72 Å². The second kappa shape index (κ2) is 4.58. The van der Waals surface area contributed by atoms with Gasteiger partial charge in [-0.25, -0.2) is 17.9 Å². The Hall–Kier alpha value is -1.60. The first-order valence-electron chi connectivity index (χ1n) is 5.44. The molecule has 7 heteroatoms. The van der Waals surface area contributed by atoms with E-state index in [1.54, 1.807) is 0 Å². The van der Waals surface area contributed by atoms with Crippen LogP contribution in [0.1, 0.15) is 23.2 Å². The highest BCUT2D eigenvalue weighted by Crippen LogP contribution is 2.25. The zero-order valence-corrected chi connectivity index (χ0v) is 10.7. The molecule has 1 fully saturated rings. The van der Waals surface area contributed by atoms with Crippen LogP contribution in [-0.4, -0.2) is 27.5 Å². The van der Waals surface area contributed by atoms with Crippen LogP contribution in [0.5, 0.6) is 0 Å². The molecule has 0 heterocycles. The van der Waals surface area contributed by atoms with Gasteiger partial charge in [0.05, 0.1) is 17.6 Å². The molecule has 1 aliphatic rings. The number of ether oxygens (including phenoxy) is 1. The number of hydrogen-bond donors (Lipinski definition) is 2. The number of hydrogen-bond acceptors (Lipinski definition) is 5. The van der Waals surface area contributed by atoms with Gasteiger partial charge in [0.1, 0.15) is 0 Å². The number of anilines is 1. The van der Waals surface area contributed by atoms with Gasteiger partial charge >= 0.3 is 5.97 Å². The third-order valence-corrected chi connectivity index (χ3v) is 4.18. The Morgan fingerprint density at radius 3 is 2.67 bits per heavy atom. The number of carbonyl (C=O) groups excluding carboxylic acids is 1. The number of methoxy groups -OCH3 is 1. The maximum absolute atomic E-state index is 12.1. The van der Waals surface area contributed by atoms with Crippen molar-refractivity contribution in [2.24, 2.45) is 0 Å². The molecule has 0 amide bonds. The highest BCUT2D eigenvalue weighted by Gasteiger charge is 2.30. The van der Waals surface area contributed by atoms with Crippen LogP contribution in [0.15, 0.2) is 23.1 Å². The summed E-state index contributed by atoms with van der Waals surface area (Å²) in [6.07, 6.45) is 1.64. The van der Waals surface area contributed by atoms with Gasteiger partial charge in [-0.2, -0.15) is 0 Å². The molecule has 0 aliphatic heterocycles. The highest BCUT2D eigenvalue weighted by molar-refractivity contribution is 7.89. The van der Waals surface area contributed by atoms with Crippen molar-refractivity contribution < 1.29 is 17.9 Å². The van der Waals surface area contributed by atoms with E-state index in [4.69, 9.17) is 5.73 Å². The lowest BCUT2D eigenvalue weighted by Crippen LogP contribution is -2.27. The molecule has 0 spiro atoms. The van der Waals surface area contributed by atoms with Crippen LogP contribution in [0.3, 0.4) is 0 Å². The Morgan fingerprint density at radius 1 is 1.44 bits per heavy atom. The van der Waals surface area contributed by atoms with Gasteiger partial charge in [0.15, 0.2) is 0 Å². The molecular weight excluding hydrogens is 256 g/mol. The maximum Gasteiger partial charge on any atom is 0.339 e. The number of nitrogen functional groups attached to an aromatic ring is 1. The lowest BCUT2D eigenvalue weighted by Gasteiger charge is -2.10. The second-order valence-electron chi connectivity index (χ2n) is 4.14. The van der Waals surface area contributed by atoms with Crippen molar-refractivity contribution in [3.05, 3.63) is 23.8 Å². The maximum atomic E-state index is 12.1. The van der Waals surface area contributed by atoms with Crippen molar-refractivity contribution in [2.75, 3.05) is 12.8 Å². The van der Waals surface area contributed by atoms with Crippen molar-refractivity contribution >= 4 is 21.7 Å². The molecule has 98 valence electrons. The molecule has 0 atom stereocenters. The number of rotatable bonds is 4. The highest BCUT2D eigenvalue weighted by atomic mass is 32.2. The minimum Gasteiger partial charge on any atom is -0.465 e. The van der Waals surface area contributed by atoms with Crippen molar-refractivity contribution in [2.45, 2.75) is 23.8 Å². The summed E-state index contributed by atoms with van der Waals surface area (Å²) in [6, 6.07) is 4.02. The normalized spacial score (nSPS) is 15.4. The smallest absolute Gasteiger partial charge is 0.339 e. The lowest BCUT2D eigenvalue weighted by molar-refractivity contribution is 0.0596. The van der Waals surface area contributed by atoms with Crippen LogP contribution >= 0.6 is 0 Å². The average Bonchev–Trinajstić information content (AvgIpc) is 3.10. The van der Waals surface area contributed by atoms with E-state index in [0.717, 1.165) is 12.8 Å². The fourth-order valence-electron chi connectivity index (χ4n) is 1.54. The molecule has 0 unspecified atom stereocenters. The zero-order valence-electron chi connectivity index (χ0n) is 9.84. The lowest BCUT2D eigenvalue weighted by atomic mass is 10.2. The monoisotopic (exact) mass is 270 g/mol. The molecule has 0 bridgehead atoms. The summed E-state index contributed by atoms with van der Waals surface area (Å²) in [5.41, 5.74) is 5.81. The van der Waals surface area contributed by atoms with Crippen molar-refractivity contribution in [3.63, 3.8) is 0 Å². The molecule has 1 aliphatic carbocycles. The Balaban J connectivity index is 2.45. The number of sulfonamides is 1. The van der Waals surface area contributed by atoms with Crippen molar-refractivity contribution in [1.29, 1.82) is 0 Å². The number of esters is 1. The molecular formula is C11H14N2O4S. The molecule has 6 nitrogen and oxygen atoms in total. The quantitative estimate of drug-likeness (QED) is 0.613. The molecule has 1 saturated carbocycles. The third-order valence-electron chi connectivity index (χ3n) is 2.60. The van der Waals surface area contributed by atoms with Crippen LogP contribution in [0.4, 0.5) is 5.69 Å². The summed E-state index contributed by atoms with van der Waals surface area (Å²) < 4.78 is 31.2. The van der Waals surface area contributed by atoms with E-state index in [9.17, 15) is 13.2 Å². The zero-order chi connectivity index (χ0) is 13.3. The van der Waals surface area contributed by atoms with Gasteiger partial charge < -0.3 is 10.5 Å². The Bertz CT molecular complexity index is 579. The molecule has 1 aromatic carbocycles. The van der Waals surface area contributed by atoms with Gasteiger partial charge in [-0.15, -0.1) is 0 Å². The molecule has 3 N–H and O–H groups in total.